The van der Waals surface area contributed by atoms with Crippen molar-refractivity contribution in [1.29, 1.82) is 0 Å². The summed E-state index contributed by atoms with van der Waals surface area (Å²) >= 11 is 0. The van der Waals surface area contributed by atoms with Crippen LogP contribution in [0.3, 0.4) is 0 Å². The Bertz CT molecular complexity index is 1110. The summed E-state index contributed by atoms with van der Waals surface area (Å²) in [7, 11) is 3.27. The SMILES string of the molecule is COCCCOc1cc(C(=O)N(C(C)C)[C@@H]2CC[C@H](CCN(C(=O)Cc3ccccc3)C3CC3)NC2)ccc1OC. The quantitative estimate of drug-likeness (QED) is 0.315. The molecule has 0 radical (unpaired) electrons. The van der Waals surface area contributed by atoms with Gasteiger partial charge in [0.1, 0.15) is 0 Å². The predicted octanol–water partition coefficient (Wildman–Crippen LogP) is 4.71. The van der Waals surface area contributed by atoms with E-state index in [1.165, 1.54) is 0 Å². The number of ether oxygens (including phenoxy) is 3. The lowest BCUT2D eigenvalue weighted by Crippen LogP contribution is -2.54. The van der Waals surface area contributed by atoms with Crippen LogP contribution in [0.4, 0.5) is 0 Å². The Hall–Kier alpha value is -3.10. The number of rotatable bonds is 15. The molecule has 1 aliphatic carbocycles. The summed E-state index contributed by atoms with van der Waals surface area (Å²) in [6, 6.07) is 16.3. The van der Waals surface area contributed by atoms with Crippen LogP contribution in [0.2, 0.25) is 0 Å². The normalized spacial score (nSPS) is 18.7. The Labute approximate surface area is 245 Å². The summed E-state index contributed by atoms with van der Waals surface area (Å²) in [6.45, 7) is 6.76. The number of hydrogen-bond acceptors (Lipinski definition) is 6. The third-order valence-electron chi connectivity index (χ3n) is 8.06. The number of nitrogens with one attached hydrogen (secondary N) is 1. The lowest BCUT2D eigenvalue weighted by atomic mass is 9.95. The minimum atomic E-state index is 0.000983. The lowest BCUT2D eigenvalue weighted by Gasteiger charge is -2.40. The predicted molar refractivity (Wildman–Crippen MR) is 161 cm³/mol. The highest BCUT2D eigenvalue weighted by Crippen LogP contribution is 2.31. The fraction of sp³-hybridized carbons (Fsp3) is 0.576. The summed E-state index contributed by atoms with van der Waals surface area (Å²) in [5.74, 6) is 1.41. The zero-order chi connectivity index (χ0) is 29.2. The molecule has 0 aromatic heterocycles. The van der Waals surface area contributed by atoms with Gasteiger partial charge in [0.25, 0.3) is 5.91 Å². The molecule has 1 saturated carbocycles. The van der Waals surface area contributed by atoms with Crippen molar-refractivity contribution in [3.05, 3.63) is 59.7 Å². The number of benzene rings is 2. The monoisotopic (exact) mass is 565 g/mol. The van der Waals surface area contributed by atoms with Crippen LogP contribution in [0.1, 0.15) is 68.3 Å². The largest absolute Gasteiger partial charge is 0.493 e. The van der Waals surface area contributed by atoms with Crippen molar-refractivity contribution in [2.75, 3.05) is 40.5 Å². The summed E-state index contributed by atoms with van der Waals surface area (Å²) < 4.78 is 16.5. The highest BCUT2D eigenvalue weighted by Gasteiger charge is 2.34. The molecule has 2 aromatic rings. The van der Waals surface area contributed by atoms with Gasteiger partial charge >= 0.3 is 0 Å². The van der Waals surface area contributed by atoms with Crippen LogP contribution in [0.15, 0.2) is 48.5 Å². The molecule has 224 valence electrons. The van der Waals surface area contributed by atoms with Crippen LogP contribution in [-0.2, 0) is 16.0 Å². The molecule has 4 rings (SSSR count). The van der Waals surface area contributed by atoms with E-state index in [1.54, 1.807) is 26.4 Å². The molecule has 8 nitrogen and oxygen atoms in total. The molecular formula is C33H47N3O5. The van der Waals surface area contributed by atoms with E-state index in [0.29, 0.717) is 48.8 Å². The second-order valence-electron chi connectivity index (χ2n) is 11.5. The zero-order valence-electron chi connectivity index (χ0n) is 25.1. The molecule has 2 fully saturated rings. The fourth-order valence-electron chi connectivity index (χ4n) is 5.73. The molecule has 0 spiro atoms. The first-order chi connectivity index (χ1) is 19.9. The maximum Gasteiger partial charge on any atom is 0.254 e. The van der Waals surface area contributed by atoms with E-state index in [4.69, 9.17) is 14.2 Å². The topological polar surface area (TPSA) is 80.3 Å². The van der Waals surface area contributed by atoms with Gasteiger partial charge in [-0.15, -0.1) is 0 Å². The zero-order valence-corrected chi connectivity index (χ0v) is 25.1. The van der Waals surface area contributed by atoms with Gasteiger partial charge in [0.15, 0.2) is 11.5 Å². The number of amides is 2. The summed E-state index contributed by atoms with van der Waals surface area (Å²) in [5.41, 5.74) is 1.67. The van der Waals surface area contributed by atoms with E-state index in [9.17, 15) is 9.59 Å². The number of nitrogens with zero attached hydrogens (tertiary/aromatic N) is 2. The number of piperidine rings is 1. The van der Waals surface area contributed by atoms with E-state index in [-0.39, 0.29) is 23.9 Å². The molecule has 2 amide bonds. The molecule has 8 heteroatoms. The van der Waals surface area contributed by atoms with Gasteiger partial charge in [-0.2, -0.15) is 0 Å². The molecule has 0 bridgehead atoms. The van der Waals surface area contributed by atoms with Crippen molar-refractivity contribution < 1.29 is 23.8 Å². The van der Waals surface area contributed by atoms with E-state index in [2.05, 4.69) is 24.1 Å². The number of carbonyl (C=O) groups is 2. The maximum absolute atomic E-state index is 13.8. The summed E-state index contributed by atoms with van der Waals surface area (Å²) in [6.07, 6.45) is 6.28. The van der Waals surface area contributed by atoms with Crippen molar-refractivity contribution in [3.8, 4) is 11.5 Å². The average molecular weight is 566 g/mol. The average Bonchev–Trinajstić information content (AvgIpc) is 3.82. The van der Waals surface area contributed by atoms with Crippen LogP contribution in [0.25, 0.3) is 0 Å². The smallest absolute Gasteiger partial charge is 0.254 e. The number of methoxy groups -OCH3 is 2. The van der Waals surface area contributed by atoms with Gasteiger partial charge in [0.2, 0.25) is 5.91 Å². The fourth-order valence-corrected chi connectivity index (χ4v) is 5.73. The minimum Gasteiger partial charge on any atom is -0.493 e. The molecule has 1 aliphatic heterocycles. The number of hydrogen-bond donors (Lipinski definition) is 1. The highest BCUT2D eigenvalue weighted by atomic mass is 16.5. The Morgan fingerprint density at radius 2 is 1.71 bits per heavy atom. The molecule has 1 N–H and O–H groups in total. The van der Waals surface area contributed by atoms with E-state index < -0.39 is 0 Å². The Morgan fingerprint density at radius 3 is 2.34 bits per heavy atom. The molecule has 2 aliphatic rings. The van der Waals surface area contributed by atoms with E-state index >= 15 is 0 Å². The molecular weight excluding hydrogens is 518 g/mol. The Morgan fingerprint density at radius 1 is 0.951 bits per heavy atom. The van der Waals surface area contributed by atoms with Gasteiger partial charge in [-0.05, 0) is 69.7 Å². The van der Waals surface area contributed by atoms with Crippen molar-refractivity contribution in [2.45, 2.75) is 83.0 Å². The van der Waals surface area contributed by atoms with E-state index in [0.717, 1.165) is 57.2 Å². The van der Waals surface area contributed by atoms with Crippen molar-refractivity contribution in [2.24, 2.45) is 0 Å². The van der Waals surface area contributed by atoms with Crippen LogP contribution >= 0.6 is 0 Å². The summed E-state index contributed by atoms with van der Waals surface area (Å²) in [5, 5.41) is 3.70. The van der Waals surface area contributed by atoms with E-state index in [1.807, 2.05) is 41.3 Å². The second-order valence-corrected chi connectivity index (χ2v) is 11.5. The highest BCUT2D eigenvalue weighted by molar-refractivity contribution is 5.95. The first-order valence-electron chi connectivity index (χ1n) is 15.1. The van der Waals surface area contributed by atoms with Crippen molar-refractivity contribution in [1.82, 2.24) is 15.1 Å². The van der Waals surface area contributed by atoms with Gasteiger partial charge in [0, 0.05) is 63.0 Å². The molecule has 1 heterocycles. The third-order valence-corrected chi connectivity index (χ3v) is 8.06. The van der Waals surface area contributed by atoms with Crippen LogP contribution in [0, 0.1) is 0 Å². The van der Waals surface area contributed by atoms with Crippen LogP contribution in [0.5, 0.6) is 11.5 Å². The molecule has 2 aromatic carbocycles. The maximum atomic E-state index is 13.8. The van der Waals surface area contributed by atoms with Gasteiger partial charge < -0.3 is 29.3 Å². The van der Waals surface area contributed by atoms with Crippen molar-refractivity contribution >= 4 is 11.8 Å². The van der Waals surface area contributed by atoms with Gasteiger partial charge in [-0.3, -0.25) is 9.59 Å². The van der Waals surface area contributed by atoms with Gasteiger partial charge in [-0.25, -0.2) is 0 Å². The molecule has 2 atom stereocenters. The van der Waals surface area contributed by atoms with Crippen LogP contribution < -0.4 is 14.8 Å². The summed E-state index contributed by atoms with van der Waals surface area (Å²) in [4.78, 5) is 30.9. The van der Waals surface area contributed by atoms with Gasteiger partial charge in [0.05, 0.1) is 20.1 Å². The van der Waals surface area contributed by atoms with Crippen LogP contribution in [-0.4, -0.2) is 86.3 Å². The molecule has 41 heavy (non-hydrogen) atoms. The van der Waals surface area contributed by atoms with Gasteiger partial charge in [-0.1, -0.05) is 30.3 Å². The Balaban J connectivity index is 1.32. The standard InChI is InChI=1S/C33H47N3O5/c1-24(2)36(33(38)26-11-16-30(40-4)31(22-26)41-20-8-19-39-3)29-13-12-27(34-23-29)17-18-35(28-14-15-28)32(37)21-25-9-6-5-7-10-25/h5-7,9-11,16,22,24,27-29,34H,8,12-15,17-21,23H2,1-4H3/t27-,29-/m1/s1. The lowest BCUT2D eigenvalue weighted by molar-refractivity contribution is -0.131. The first kappa shape index (κ1) is 30.8. The van der Waals surface area contributed by atoms with Crippen molar-refractivity contribution in [3.63, 3.8) is 0 Å². The molecule has 0 unspecified atom stereocenters. The second kappa shape index (κ2) is 15.2. The third kappa shape index (κ3) is 8.69. The number of carbonyl (C=O) groups excluding carboxylic acids is 2. The first-order valence-corrected chi connectivity index (χ1v) is 15.1. The molecule has 1 saturated heterocycles. The Kier molecular flexibility index (Phi) is 11.5. The minimum absolute atomic E-state index is 0.000983.